The van der Waals surface area contributed by atoms with Crippen molar-refractivity contribution in [3.05, 3.63) is 40.4 Å². The van der Waals surface area contributed by atoms with Gasteiger partial charge >= 0.3 is 0 Å². The first-order chi connectivity index (χ1) is 13.0. The largest absolute Gasteiger partial charge is 0.505 e. The van der Waals surface area contributed by atoms with Gasteiger partial charge < -0.3 is 10.8 Å². The summed E-state index contributed by atoms with van der Waals surface area (Å²) in [4.78, 5) is 31.7. The number of carbonyl (C=O) groups is 1. The van der Waals surface area contributed by atoms with Crippen LogP contribution in [0.1, 0.15) is 36.8 Å². The number of benzene rings is 1. The number of ketones is 1. The molecule has 1 saturated heterocycles. The number of Topliss-reactive ketones (excluding diaryl/α,β-unsaturated/α-hetero) is 1. The highest BCUT2D eigenvalue weighted by Gasteiger charge is 2.67. The summed E-state index contributed by atoms with van der Waals surface area (Å²) in [6.07, 6.45) is 5.71. The molecule has 3 aliphatic rings. The molecule has 1 aromatic rings. The SMILES string of the molecule is NC=CCN1CC[C@]23CC(=O)CCC2(ON)[C@H]1Cc1ccc(N=O)c(O)c13. The predicted octanol–water partition coefficient (Wildman–Crippen LogP) is 1.51. The number of phenols is 1. The fraction of sp³-hybridized carbons (Fsp3) is 0.526. The Labute approximate surface area is 157 Å². The van der Waals surface area contributed by atoms with E-state index >= 15 is 0 Å². The molecule has 2 fully saturated rings. The molecule has 27 heavy (non-hydrogen) atoms. The van der Waals surface area contributed by atoms with E-state index in [1.165, 1.54) is 12.3 Å². The van der Waals surface area contributed by atoms with Crippen molar-refractivity contribution in [3.8, 4) is 5.75 Å². The van der Waals surface area contributed by atoms with Gasteiger partial charge in [-0.2, -0.15) is 0 Å². The maximum atomic E-state index is 12.5. The van der Waals surface area contributed by atoms with Crippen LogP contribution in [0.2, 0.25) is 0 Å². The van der Waals surface area contributed by atoms with Crippen LogP contribution in [-0.4, -0.2) is 40.5 Å². The van der Waals surface area contributed by atoms with Gasteiger partial charge in [0.25, 0.3) is 0 Å². The van der Waals surface area contributed by atoms with E-state index in [1.807, 2.05) is 12.1 Å². The van der Waals surface area contributed by atoms with Crippen LogP contribution in [0.15, 0.2) is 29.6 Å². The molecule has 0 amide bonds. The van der Waals surface area contributed by atoms with Gasteiger partial charge in [-0.05, 0) is 48.8 Å². The fourth-order valence-electron chi connectivity index (χ4n) is 5.70. The highest BCUT2D eigenvalue weighted by Crippen LogP contribution is 2.61. The molecule has 3 atom stereocenters. The second kappa shape index (κ2) is 6.40. The highest BCUT2D eigenvalue weighted by atomic mass is 16.6. The van der Waals surface area contributed by atoms with E-state index in [2.05, 4.69) is 10.1 Å². The summed E-state index contributed by atoms with van der Waals surface area (Å²) in [6.45, 7) is 1.37. The average molecular weight is 372 g/mol. The third-order valence-corrected chi connectivity index (χ3v) is 6.81. The van der Waals surface area contributed by atoms with E-state index in [1.54, 1.807) is 0 Å². The number of carbonyl (C=O) groups excluding carboxylic acids is 1. The summed E-state index contributed by atoms with van der Waals surface area (Å²) in [5.74, 6) is 5.87. The Morgan fingerprint density at radius 2 is 2.22 bits per heavy atom. The zero-order chi connectivity index (χ0) is 19.2. The van der Waals surface area contributed by atoms with Crippen molar-refractivity contribution in [2.45, 2.75) is 49.2 Å². The van der Waals surface area contributed by atoms with E-state index < -0.39 is 11.0 Å². The van der Waals surface area contributed by atoms with Gasteiger partial charge in [0.1, 0.15) is 22.8 Å². The lowest BCUT2D eigenvalue weighted by Gasteiger charge is -2.64. The maximum absolute atomic E-state index is 12.5. The quantitative estimate of drug-likeness (QED) is 0.539. The van der Waals surface area contributed by atoms with Crippen molar-refractivity contribution in [2.75, 3.05) is 13.1 Å². The average Bonchev–Trinajstić information content (AvgIpc) is 2.67. The monoisotopic (exact) mass is 372 g/mol. The van der Waals surface area contributed by atoms with Gasteiger partial charge in [-0.25, -0.2) is 5.90 Å². The van der Waals surface area contributed by atoms with Crippen LogP contribution in [0.25, 0.3) is 0 Å². The molecule has 2 aliphatic carbocycles. The van der Waals surface area contributed by atoms with Gasteiger partial charge in [0.05, 0.1) is 0 Å². The lowest BCUT2D eigenvalue weighted by atomic mass is 9.49. The Bertz CT molecular complexity index is 826. The van der Waals surface area contributed by atoms with Crippen LogP contribution in [-0.2, 0) is 21.5 Å². The molecule has 0 aromatic heterocycles. The van der Waals surface area contributed by atoms with Crippen LogP contribution < -0.4 is 11.6 Å². The molecule has 2 bridgehead atoms. The summed E-state index contributed by atoms with van der Waals surface area (Å²) in [5, 5.41) is 13.8. The van der Waals surface area contributed by atoms with Gasteiger partial charge in [0, 0.05) is 36.4 Å². The van der Waals surface area contributed by atoms with Crippen LogP contribution in [0.3, 0.4) is 0 Å². The minimum absolute atomic E-state index is 0.0148. The van der Waals surface area contributed by atoms with Crippen molar-refractivity contribution >= 4 is 11.5 Å². The van der Waals surface area contributed by atoms with Crippen LogP contribution in [0.4, 0.5) is 5.69 Å². The second-order valence-electron chi connectivity index (χ2n) is 7.76. The van der Waals surface area contributed by atoms with Gasteiger partial charge in [0.15, 0.2) is 0 Å². The Balaban J connectivity index is 1.95. The lowest BCUT2D eigenvalue weighted by Crippen LogP contribution is -2.74. The molecule has 4 rings (SSSR count). The Hall–Kier alpha value is -2.29. The van der Waals surface area contributed by atoms with Crippen molar-refractivity contribution in [3.63, 3.8) is 0 Å². The maximum Gasteiger partial charge on any atom is 0.149 e. The molecule has 8 heteroatoms. The van der Waals surface area contributed by atoms with Crippen LogP contribution >= 0.6 is 0 Å². The number of nitroso groups, excluding NO2 is 1. The van der Waals surface area contributed by atoms with Crippen LogP contribution in [0.5, 0.6) is 5.75 Å². The predicted molar refractivity (Wildman–Crippen MR) is 99.1 cm³/mol. The summed E-state index contributed by atoms with van der Waals surface area (Å²) in [5.41, 5.74) is 5.47. The fourth-order valence-corrected chi connectivity index (χ4v) is 5.70. The number of aromatic hydroxyl groups is 1. The Morgan fingerprint density at radius 1 is 1.41 bits per heavy atom. The number of phenolic OH excluding ortho intramolecular Hbond substituents is 1. The van der Waals surface area contributed by atoms with Crippen molar-refractivity contribution in [2.24, 2.45) is 16.8 Å². The van der Waals surface area contributed by atoms with Crippen molar-refractivity contribution < 1.29 is 14.7 Å². The summed E-state index contributed by atoms with van der Waals surface area (Å²) in [7, 11) is 0. The molecule has 0 radical (unpaired) electrons. The van der Waals surface area contributed by atoms with Gasteiger partial charge in [-0.3, -0.25) is 14.5 Å². The first-order valence-electron chi connectivity index (χ1n) is 9.22. The first kappa shape index (κ1) is 18.1. The standard InChI is InChI=1S/C19H24N4O4/c20-7-1-8-23-9-6-18-11-13(24)4-5-19(18,27-21)15(23)10-12-2-3-14(22-26)17(25)16(12)18/h1-3,7,15,25H,4-6,8-11,20-21H2/t15-,18-,19?/m1/s1. The van der Waals surface area contributed by atoms with Crippen molar-refractivity contribution in [1.82, 2.24) is 4.90 Å². The van der Waals surface area contributed by atoms with E-state index in [0.717, 1.165) is 5.56 Å². The van der Waals surface area contributed by atoms with E-state index in [-0.39, 0.29) is 29.7 Å². The minimum atomic E-state index is -0.812. The molecular weight excluding hydrogens is 348 g/mol. The number of fused-ring (bicyclic) bond motifs is 1. The first-order valence-corrected chi connectivity index (χ1v) is 9.22. The Kier molecular flexibility index (Phi) is 4.29. The van der Waals surface area contributed by atoms with E-state index in [9.17, 15) is 14.8 Å². The summed E-state index contributed by atoms with van der Waals surface area (Å²) < 4.78 is 0. The normalized spacial score (nSPS) is 32.9. The number of piperidine rings is 1. The molecule has 1 aliphatic heterocycles. The zero-order valence-corrected chi connectivity index (χ0v) is 15.1. The Morgan fingerprint density at radius 3 is 2.93 bits per heavy atom. The topological polar surface area (TPSA) is 131 Å². The molecule has 144 valence electrons. The summed E-state index contributed by atoms with van der Waals surface area (Å²) in [6, 6.07) is 3.29. The second-order valence-corrected chi connectivity index (χ2v) is 7.76. The summed E-state index contributed by atoms with van der Waals surface area (Å²) >= 11 is 0. The van der Waals surface area contributed by atoms with E-state index in [0.29, 0.717) is 44.3 Å². The van der Waals surface area contributed by atoms with Gasteiger partial charge in [-0.1, -0.05) is 12.1 Å². The molecule has 1 heterocycles. The van der Waals surface area contributed by atoms with Crippen molar-refractivity contribution in [1.29, 1.82) is 0 Å². The lowest BCUT2D eigenvalue weighted by molar-refractivity contribution is -0.201. The number of nitrogens with two attached hydrogens (primary N) is 2. The minimum Gasteiger partial charge on any atom is -0.505 e. The molecule has 5 N–H and O–H groups in total. The molecule has 1 aromatic carbocycles. The number of hydrogen-bond acceptors (Lipinski definition) is 8. The van der Waals surface area contributed by atoms with Gasteiger partial charge in [0.2, 0.25) is 0 Å². The van der Waals surface area contributed by atoms with Crippen LogP contribution in [0, 0.1) is 4.91 Å². The zero-order valence-electron chi connectivity index (χ0n) is 15.1. The molecule has 1 saturated carbocycles. The number of likely N-dealkylation sites (tertiary alicyclic amines) is 1. The molecular formula is C19H24N4O4. The number of hydrogen-bond donors (Lipinski definition) is 3. The smallest absolute Gasteiger partial charge is 0.149 e. The third-order valence-electron chi connectivity index (χ3n) is 6.81. The van der Waals surface area contributed by atoms with Gasteiger partial charge in [-0.15, -0.1) is 4.91 Å². The number of rotatable bonds is 4. The van der Waals surface area contributed by atoms with E-state index in [4.69, 9.17) is 16.5 Å². The highest BCUT2D eigenvalue weighted by molar-refractivity contribution is 5.83. The molecule has 1 unspecified atom stereocenters. The molecule has 0 spiro atoms. The number of nitrogens with zero attached hydrogens (tertiary/aromatic N) is 2. The molecule has 8 nitrogen and oxygen atoms in total. The third kappa shape index (κ3) is 2.30.